The summed E-state index contributed by atoms with van der Waals surface area (Å²) in [5.74, 6) is 1.41. The minimum atomic E-state index is -0.397. The van der Waals surface area contributed by atoms with Crippen LogP contribution >= 0.6 is 0 Å². The zero-order chi connectivity index (χ0) is 22.8. The van der Waals surface area contributed by atoms with Crippen molar-refractivity contribution in [2.45, 2.75) is 69.9 Å². The van der Waals surface area contributed by atoms with Crippen LogP contribution < -0.4 is 10.1 Å². The molecule has 3 heterocycles. The number of benzene rings is 1. The summed E-state index contributed by atoms with van der Waals surface area (Å²) >= 11 is 0. The molecular formula is C25H33N5O3. The van der Waals surface area contributed by atoms with Crippen molar-refractivity contribution in [2.75, 3.05) is 25.0 Å². The molecule has 5 rings (SSSR count). The van der Waals surface area contributed by atoms with Crippen LogP contribution in [0, 0.1) is 0 Å². The molecule has 3 unspecified atom stereocenters. The van der Waals surface area contributed by atoms with Gasteiger partial charge in [-0.3, -0.25) is 9.69 Å². The van der Waals surface area contributed by atoms with Crippen molar-refractivity contribution in [3.05, 3.63) is 47.8 Å². The van der Waals surface area contributed by atoms with Crippen molar-refractivity contribution in [2.24, 2.45) is 0 Å². The van der Waals surface area contributed by atoms with Crippen molar-refractivity contribution in [3.63, 3.8) is 0 Å². The first-order valence-electron chi connectivity index (χ1n) is 12.0. The number of amides is 1. The lowest BCUT2D eigenvalue weighted by molar-refractivity contribution is -0.129. The van der Waals surface area contributed by atoms with Gasteiger partial charge in [-0.25, -0.2) is 9.97 Å². The van der Waals surface area contributed by atoms with E-state index in [1.165, 1.54) is 17.5 Å². The minimum Gasteiger partial charge on any atom is -0.474 e. The Bertz CT molecular complexity index is 978. The first kappa shape index (κ1) is 22.1. The minimum absolute atomic E-state index is 0.0660. The number of likely N-dealkylation sites (tertiary alicyclic amines) is 1. The molecular weight excluding hydrogens is 418 g/mol. The molecule has 8 heteroatoms. The number of anilines is 1. The van der Waals surface area contributed by atoms with E-state index in [-0.39, 0.29) is 24.1 Å². The summed E-state index contributed by atoms with van der Waals surface area (Å²) < 4.78 is 6.18. The average molecular weight is 452 g/mol. The molecule has 0 spiro atoms. The molecule has 2 aromatic rings. The molecule has 1 saturated carbocycles. The van der Waals surface area contributed by atoms with Crippen LogP contribution in [0.1, 0.15) is 43.7 Å². The van der Waals surface area contributed by atoms with Crippen molar-refractivity contribution < 1.29 is 14.6 Å². The van der Waals surface area contributed by atoms with E-state index >= 15 is 0 Å². The molecule has 2 aliphatic heterocycles. The number of carbonyl (C=O) groups excluding carboxylic acids is 1. The van der Waals surface area contributed by atoms with Crippen LogP contribution in [0.5, 0.6) is 5.88 Å². The molecule has 3 aliphatic rings. The highest BCUT2D eigenvalue weighted by Gasteiger charge is 2.39. The molecule has 176 valence electrons. The number of carbonyl (C=O) groups is 1. The molecule has 1 aliphatic carbocycles. The molecule has 1 saturated heterocycles. The van der Waals surface area contributed by atoms with Gasteiger partial charge in [0.05, 0.1) is 6.10 Å². The lowest BCUT2D eigenvalue weighted by atomic mass is 9.98. The molecule has 0 bridgehead atoms. The number of rotatable bonds is 5. The normalized spacial score (nSPS) is 26.1. The average Bonchev–Trinajstić information content (AvgIpc) is 3.19. The van der Waals surface area contributed by atoms with Crippen molar-refractivity contribution >= 4 is 11.7 Å². The number of nitrogens with zero attached hydrogens (tertiary/aromatic N) is 4. The van der Waals surface area contributed by atoms with Gasteiger partial charge in [-0.15, -0.1) is 0 Å². The van der Waals surface area contributed by atoms with E-state index in [2.05, 4.69) is 44.5 Å². The smallest absolute Gasteiger partial charge is 0.219 e. The second kappa shape index (κ2) is 9.65. The maximum atomic E-state index is 11.5. The molecule has 1 aromatic carbocycles. The lowest BCUT2D eigenvalue weighted by Gasteiger charge is -2.35. The molecule has 0 radical (unpaired) electrons. The number of aliphatic hydroxyl groups excluding tert-OH is 1. The number of nitrogens with one attached hydrogen (secondary N) is 1. The van der Waals surface area contributed by atoms with Gasteiger partial charge in [0.1, 0.15) is 18.2 Å². The summed E-state index contributed by atoms with van der Waals surface area (Å²) in [7, 11) is 0. The van der Waals surface area contributed by atoms with Gasteiger partial charge in [-0.1, -0.05) is 24.3 Å². The molecule has 2 fully saturated rings. The first-order chi connectivity index (χ1) is 16.0. The number of piperidine rings is 1. The SMILES string of the molecule is CC(=O)N1CCC(Nc2cc(OC3CC(O)C(N4CCc5ccccc5C4)C3)ncn2)CC1. The van der Waals surface area contributed by atoms with Crippen LogP contribution in [0.15, 0.2) is 36.7 Å². The zero-order valence-electron chi connectivity index (χ0n) is 19.2. The monoisotopic (exact) mass is 451 g/mol. The molecule has 2 N–H and O–H groups in total. The Labute approximate surface area is 195 Å². The highest BCUT2D eigenvalue weighted by molar-refractivity contribution is 5.73. The Kier molecular flexibility index (Phi) is 6.46. The third-order valence-electron chi connectivity index (χ3n) is 7.30. The Morgan fingerprint density at radius 2 is 1.91 bits per heavy atom. The van der Waals surface area contributed by atoms with Crippen LogP contribution in [0.3, 0.4) is 0 Å². The molecule has 33 heavy (non-hydrogen) atoms. The van der Waals surface area contributed by atoms with Crippen molar-refractivity contribution in [1.82, 2.24) is 19.8 Å². The van der Waals surface area contributed by atoms with E-state index in [1.807, 2.05) is 11.0 Å². The standard InChI is InChI=1S/C25H33N5O3/c1-17(31)29-10-7-20(8-11-29)28-24-14-25(27-16-26-24)33-21-12-22(23(32)13-21)30-9-6-18-4-2-3-5-19(18)15-30/h2-5,14,16,20-23,32H,6-13,15H2,1H3,(H,26,27,28). The van der Waals surface area contributed by atoms with Crippen LogP contribution in [0.4, 0.5) is 5.82 Å². The molecule has 1 amide bonds. The summed E-state index contributed by atoms with van der Waals surface area (Å²) in [4.78, 5) is 24.5. The van der Waals surface area contributed by atoms with E-state index in [0.29, 0.717) is 12.3 Å². The molecule has 3 atom stereocenters. The van der Waals surface area contributed by atoms with Gasteiger partial charge in [0.15, 0.2) is 0 Å². The number of aliphatic hydroxyl groups is 1. The van der Waals surface area contributed by atoms with Crippen LogP contribution in [-0.2, 0) is 17.8 Å². The summed E-state index contributed by atoms with van der Waals surface area (Å²) in [6, 6.07) is 10.8. The van der Waals surface area contributed by atoms with Gasteiger partial charge < -0.3 is 20.1 Å². The number of hydrogen-bond donors (Lipinski definition) is 2. The summed E-state index contributed by atoms with van der Waals surface area (Å²) in [5, 5.41) is 14.2. The third-order valence-corrected chi connectivity index (χ3v) is 7.30. The molecule has 1 aromatic heterocycles. The second-order valence-electron chi connectivity index (χ2n) is 9.50. The third kappa shape index (κ3) is 5.12. The number of fused-ring (bicyclic) bond motifs is 1. The second-order valence-corrected chi connectivity index (χ2v) is 9.50. The first-order valence-corrected chi connectivity index (χ1v) is 12.0. The fourth-order valence-electron chi connectivity index (χ4n) is 5.44. The van der Waals surface area contributed by atoms with Crippen molar-refractivity contribution in [3.8, 4) is 5.88 Å². The van der Waals surface area contributed by atoms with Gasteiger partial charge >= 0.3 is 0 Å². The van der Waals surface area contributed by atoms with Crippen LogP contribution in [0.25, 0.3) is 0 Å². The van der Waals surface area contributed by atoms with Gasteiger partial charge in [-0.05, 0) is 30.4 Å². The summed E-state index contributed by atoms with van der Waals surface area (Å²) in [6.07, 6.45) is 5.28. The Balaban J connectivity index is 1.16. The summed E-state index contributed by atoms with van der Waals surface area (Å²) in [5.41, 5.74) is 2.78. The maximum Gasteiger partial charge on any atom is 0.219 e. The van der Waals surface area contributed by atoms with Crippen LogP contribution in [-0.4, -0.2) is 74.7 Å². The lowest BCUT2D eigenvalue weighted by Crippen LogP contribution is -2.43. The van der Waals surface area contributed by atoms with Crippen molar-refractivity contribution in [1.29, 1.82) is 0 Å². The zero-order valence-corrected chi connectivity index (χ0v) is 19.2. The van der Waals surface area contributed by atoms with Gasteiger partial charge in [0.25, 0.3) is 0 Å². The van der Waals surface area contributed by atoms with E-state index < -0.39 is 6.10 Å². The maximum absolute atomic E-state index is 11.5. The van der Waals surface area contributed by atoms with E-state index in [9.17, 15) is 9.90 Å². The number of hydrogen-bond acceptors (Lipinski definition) is 7. The predicted octanol–water partition coefficient (Wildman–Crippen LogP) is 2.23. The number of aromatic nitrogens is 2. The Morgan fingerprint density at radius 1 is 1.12 bits per heavy atom. The number of ether oxygens (including phenoxy) is 1. The van der Waals surface area contributed by atoms with E-state index in [4.69, 9.17) is 4.74 Å². The van der Waals surface area contributed by atoms with E-state index in [0.717, 1.165) is 57.7 Å². The Morgan fingerprint density at radius 3 is 2.70 bits per heavy atom. The van der Waals surface area contributed by atoms with Gasteiger partial charge in [0.2, 0.25) is 11.8 Å². The van der Waals surface area contributed by atoms with E-state index in [1.54, 1.807) is 6.92 Å². The topological polar surface area (TPSA) is 90.8 Å². The fourth-order valence-corrected chi connectivity index (χ4v) is 5.44. The highest BCUT2D eigenvalue weighted by Crippen LogP contribution is 2.31. The van der Waals surface area contributed by atoms with Crippen LogP contribution in [0.2, 0.25) is 0 Å². The predicted molar refractivity (Wildman–Crippen MR) is 125 cm³/mol. The Hall–Kier alpha value is -2.71. The fraction of sp³-hybridized carbons (Fsp3) is 0.560. The quantitative estimate of drug-likeness (QED) is 0.720. The van der Waals surface area contributed by atoms with Gasteiger partial charge in [-0.2, -0.15) is 0 Å². The van der Waals surface area contributed by atoms with Gasteiger partial charge in [0, 0.05) is 64.1 Å². The largest absolute Gasteiger partial charge is 0.474 e. The highest BCUT2D eigenvalue weighted by atomic mass is 16.5. The molecule has 8 nitrogen and oxygen atoms in total. The summed E-state index contributed by atoms with van der Waals surface area (Å²) in [6.45, 7) is 5.01.